The van der Waals surface area contributed by atoms with E-state index >= 15 is 0 Å². The van der Waals surface area contributed by atoms with Crippen LogP contribution in [-0.2, 0) is 16.4 Å². The summed E-state index contributed by atoms with van der Waals surface area (Å²) in [5.74, 6) is -0.246. The van der Waals surface area contributed by atoms with E-state index in [1.54, 1.807) is 12.1 Å². The van der Waals surface area contributed by atoms with Gasteiger partial charge < -0.3 is 5.32 Å². The van der Waals surface area contributed by atoms with Crippen molar-refractivity contribution in [2.24, 2.45) is 5.14 Å². The summed E-state index contributed by atoms with van der Waals surface area (Å²) >= 11 is 0. The molecule has 25 heavy (non-hydrogen) atoms. The number of carbonyl (C=O) groups is 1. The van der Waals surface area contributed by atoms with E-state index < -0.39 is 14.9 Å². The van der Waals surface area contributed by atoms with Crippen LogP contribution in [0.2, 0.25) is 0 Å². The summed E-state index contributed by atoms with van der Waals surface area (Å²) < 4.78 is 22.4. The number of nitro benzene ring substituents is 1. The maximum atomic E-state index is 11.3. The predicted octanol–water partition coefficient (Wildman–Crippen LogP) is 2.10. The van der Waals surface area contributed by atoms with Crippen LogP contribution in [0.5, 0.6) is 0 Å². The van der Waals surface area contributed by atoms with Gasteiger partial charge in [0.05, 0.1) is 9.82 Å². The average Bonchev–Trinajstić information content (AvgIpc) is 2.54. The smallest absolute Gasteiger partial charge is 0.293 e. The number of sulfonamides is 1. The summed E-state index contributed by atoms with van der Waals surface area (Å²) in [6, 6.07) is 10.4. The highest BCUT2D eigenvalue weighted by Crippen LogP contribution is 2.25. The van der Waals surface area contributed by atoms with Gasteiger partial charge in [-0.3, -0.25) is 14.9 Å². The van der Waals surface area contributed by atoms with Crippen molar-refractivity contribution in [2.75, 3.05) is 11.9 Å². The molecule has 0 saturated carbocycles. The highest BCUT2D eigenvalue weighted by atomic mass is 32.2. The Kier molecular flexibility index (Phi) is 5.50. The monoisotopic (exact) mass is 363 g/mol. The van der Waals surface area contributed by atoms with E-state index in [0.717, 1.165) is 5.56 Å². The van der Waals surface area contributed by atoms with Crippen molar-refractivity contribution in [1.82, 2.24) is 0 Å². The number of primary sulfonamides is 1. The molecule has 0 aliphatic carbocycles. The molecular formula is C16H17N3O5S. The van der Waals surface area contributed by atoms with Crippen LogP contribution in [0.25, 0.3) is 0 Å². The first-order valence-electron chi connectivity index (χ1n) is 7.33. The standard InChI is InChI=1S/C16H17N3O5S/c1-11(20)13-4-7-15(16(10-13)19(21)22)18-9-8-12-2-5-14(6-3-12)25(17,23)24/h2-7,10,18H,8-9H2,1H3,(H2,17,23,24). The van der Waals surface area contributed by atoms with Crippen LogP contribution < -0.4 is 10.5 Å². The fourth-order valence-electron chi connectivity index (χ4n) is 2.24. The number of nitrogens with zero attached hydrogens (tertiary/aromatic N) is 1. The van der Waals surface area contributed by atoms with E-state index in [1.165, 1.54) is 37.3 Å². The molecule has 9 heteroatoms. The normalized spacial score (nSPS) is 11.1. The molecule has 0 heterocycles. The Labute approximate surface area is 144 Å². The minimum Gasteiger partial charge on any atom is -0.379 e. The third-order valence-corrected chi connectivity index (χ3v) is 4.51. The summed E-state index contributed by atoms with van der Waals surface area (Å²) in [6.45, 7) is 1.74. The maximum Gasteiger partial charge on any atom is 0.293 e. The average molecular weight is 363 g/mol. The number of rotatable bonds is 7. The molecule has 0 spiro atoms. The summed E-state index contributed by atoms with van der Waals surface area (Å²) in [4.78, 5) is 22.0. The van der Waals surface area contributed by atoms with Gasteiger partial charge in [-0.2, -0.15) is 0 Å². The molecule has 0 amide bonds. The van der Waals surface area contributed by atoms with Gasteiger partial charge in [0.1, 0.15) is 5.69 Å². The second-order valence-corrected chi connectivity index (χ2v) is 6.97. The van der Waals surface area contributed by atoms with E-state index in [-0.39, 0.29) is 21.9 Å². The Bertz CT molecular complexity index is 908. The van der Waals surface area contributed by atoms with Crippen LogP contribution in [0, 0.1) is 10.1 Å². The topological polar surface area (TPSA) is 132 Å². The zero-order chi connectivity index (χ0) is 18.6. The van der Waals surface area contributed by atoms with Crippen molar-refractivity contribution in [3.05, 3.63) is 63.7 Å². The second kappa shape index (κ2) is 7.41. The summed E-state index contributed by atoms with van der Waals surface area (Å²) in [7, 11) is -3.73. The van der Waals surface area contributed by atoms with Crippen molar-refractivity contribution in [2.45, 2.75) is 18.2 Å². The fourth-order valence-corrected chi connectivity index (χ4v) is 2.75. The molecular weight excluding hydrogens is 346 g/mol. The highest BCUT2D eigenvalue weighted by Gasteiger charge is 2.16. The number of hydrogen-bond donors (Lipinski definition) is 2. The van der Waals surface area contributed by atoms with Crippen LogP contribution in [0.15, 0.2) is 47.4 Å². The molecule has 2 aromatic rings. The van der Waals surface area contributed by atoms with Gasteiger partial charge in [-0.05, 0) is 43.2 Å². The number of anilines is 1. The number of nitrogens with two attached hydrogens (primary N) is 1. The van der Waals surface area contributed by atoms with Crippen LogP contribution >= 0.6 is 0 Å². The van der Waals surface area contributed by atoms with E-state index in [1.807, 2.05) is 0 Å². The van der Waals surface area contributed by atoms with Crippen LogP contribution in [-0.4, -0.2) is 25.7 Å². The minimum atomic E-state index is -3.73. The lowest BCUT2D eigenvalue weighted by molar-refractivity contribution is -0.384. The Morgan fingerprint density at radius 3 is 2.36 bits per heavy atom. The summed E-state index contributed by atoms with van der Waals surface area (Å²) in [5, 5.41) is 19.1. The molecule has 8 nitrogen and oxygen atoms in total. The molecule has 3 N–H and O–H groups in total. The molecule has 0 saturated heterocycles. The highest BCUT2D eigenvalue weighted by molar-refractivity contribution is 7.89. The van der Waals surface area contributed by atoms with Gasteiger partial charge in [0.25, 0.3) is 5.69 Å². The molecule has 0 fully saturated rings. The van der Waals surface area contributed by atoms with Gasteiger partial charge in [0.15, 0.2) is 5.78 Å². The van der Waals surface area contributed by atoms with Gasteiger partial charge in [-0.1, -0.05) is 12.1 Å². The third-order valence-electron chi connectivity index (χ3n) is 3.58. The van der Waals surface area contributed by atoms with Gasteiger partial charge >= 0.3 is 0 Å². The van der Waals surface area contributed by atoms with E-state index in [4.69, 9.17) is 5.14 Å². The van der Waals surface area contributed by atoms with Crippen molar-refractivity contribution in [3.63, 3.8) is 0 Å². The zero-order valence-electron chi connectivity index (χ0n) is 13.4. The molecule has 0 aromatic heterocycles. The second-order valence-electron chi connectivity index (χ2n) is 5.41. The van der Waals surface area contributed by atoms with Crippen molar-refractivity contribution >= 4 is 27.2 Å². The number of nitro groups is 1. The minimum absolute atomic E-state index is 0.0275. The molecule has 2 rings (SSSR count). The molecule has 0 aliphatic heterocycles. The van der Waals surface area contributed by atoms with E-state index in [9.17, 15) is 23.3 Å². The number of nitrogens with one attached hydrogen (secondary N) is 1. The lowest BCUT2D eigenvalue weighted by atomic mass is 10.1. The molecule has 0 unspecified atom stereocenters. The quantitative estimate of drug-likeness (QED) is 0.440. The molecule has 2 aromatic carbocycles. The molecule has 132 valence electrons. The Hall–Kier alpha value is -2.78. The van der Waals surface area contributed by atoms with Crippen molar-refractivity contribution in [3.8, 4) is 0 Å². The SMILES string of the molecule is CC(=O)c1ccc(NCCc2ccc(S(N)(=O)=O)cc2)c([N+](=O)[O-])c1. The van der Waals surface area contributed by atoms with Crippen LogP contribution in [0.1, 0.15) is 22.8 Å². The number of benzene rings is 2. The first-order chi connectivity index (χ1) is 11.7. The maximum absolute atomic E-state index is 11.3. The lowest BCUT2D eigenvalue weighted by Crippen LogP contribution is -2.12. The Balaban J connectivity index is 2.06. The Morgan fingerprint density at radius 2 is 1.84 bits per heavy atom. The first-order valence-corrected chi connectivity index (χ1v) is 8.88. The van der Waals surface area contributed by atoms with Gasteiger partial charge in [0, 0.05) is 18.2 Å². The number of hydrogen-bond acceptors (Lipinski definition) is 6. The molecule has 0 radical (unpaired) electrons. The van der Waals surface area contributed by atoms with Gasteiger partial charge in [-0.25, -0.2) is 13.6 Å². The number of Topliss-reactive ketones (excluding diaryl/α,β-unsaturated/α-hetero) is 1. The van der Waals surface area contributed by atoms with Gasteiger partial charge in [-0.15, -0.1) is 0 Å². The lowest BCUT2D eigenvalue weighted by Gasteiger charge is -2.08. The molecule has 0 atom stereocenters. The number of ketones is 1. The molecule has 0 bridgehead atoms. The van der Waals surface area contributed by atoms with Crippen molar-refractivity contribution < 1.29 is 18.1 Å². The van der Waals surface area contributed by atoms with Crippen LogP contribution in [0.4, 0.5) is 11.4 Å². The Morgan fingerprint density at radius 1 is 1.20 bits per heavy atom. The zero-order valence-corrected chi connectivity index (χ0v) is 14.2. The summed E-state index contributed by atoms with van der Waals surface area (Å²) in [6.07, 6.45) is 0.524. The van der Waals surface area contributed by atoms with Crippen LogP contribution in [0.3, 0.4) is 0 Å². The summed E-state index contributed by atoms with van der Waals surface area (Å²) in [5.41, 5.74) is 1.27. The van der Waals surface area contributed by atoms with E-state index in [2.05, 4.69) is 5.32 Å². The largest absolute Gasteiger partial charge is 0.379 e. The van der Waals surface area contributed by atoms with Crippen molar-refractivity contribution in [1.29, 1.82) is 0 Å². The van der Waals surface area contributed by atoms with E-state index in [0.29, 0.717) is 18.7 Å². The molecule has 0 aliphatic rings. The number of carbonyl (C=O) groups excluding carboxylic acids is 1. The predicted molar refractivity (Wildman–Crippen MR) is 93.1 cm³/mol. The van der Waals surface area contributed by atoms with Gasteiger partial charge in [0.2, 0.25) is 10.0 Å². The first kappa shape index (κ1) is 18.6. The third kappa shape index (κ3) is 4.85. The fraction of sp³-hybridized carbons (Fsp3) is 0.188.